The third-order valence-electron chi connectivity index (χ3n) is 3.23. The van der Waals surface area contributed by atoms with Gasteiger partial charge in [-0.05, 0) is 65.4 Å². The summed E-state index contributed by atoms with van der Waals surface area (Å²) in [6.45, 7) is 1.04. The number of rotatable bonds is 2. The van der Waals surface area contributed by atoms with E-state index in [4.69, 9.17) is 5.73 Å². The highest BCUT2D eigenvalue weighted by Gasteiger charge is 2.16. The minimum atomic E-state index is 0.800. The van der Waals surface area contributed by atoms with Gasteiger partial charge in [0, 0.05) is 27.1 Å². The standard InChI is InChI=1S/C13H15IN4S/c14-10-8-9(15)5-6-11(10)19-13-17-16-12-4-2-1-3-7-18(12)13/h5-6,8H,1-4,7,15H2. The van der Waals surface area contributed by atoms with Gasteiger partial charge in [0.05, 0.1) is 0 Å². The summed E-state index contributed by atoms with van der Waals surface area (Å²) >= 11 is 4.00. The molecule has 19 heavy (non-hydrogen) atoms. The van der Waals surface area contributed by atoms with E-state index in [2.05, 4.69) is 43.4 Å². The van der Waals surface area contributed by atoms with Crippen molar-refractivity contribution in [3.05, 3.63) is 27.6 Å². The molecule has 0 radical (unpaired) electrons. The lowest BCUT2D eigenvalue weighted by atomic mass is 10.2. The van der Waals surface area contributed by atoms with E-state index in [0.717, 1.165) is 33.2 Å². The van der Waals surface area contributed by atoms with Crippen LogP contribution in [0.15, 0.2) is 28.3 Å². The van der Waals surface area contributed by atoms with Crippen LogP contribution < -0.4 is 5.73 Å². The summed E-state index contributed by atoms with van der Waals surface area (Å²) < 4.78 is 3.43. The number of aryl methyl sites for hydroxylation is 1. The fraction of sp³-hybridized carbons (Fsp3) is 0.385. The second-order valence-corrected chi connectivity index (χ2v) is 6.82. The molecule has 4 nitrogen and oxygen atoms in total. The Labute approximate surface area is 130 Å². The van der Waals surface area contributed by atoms with Gasteiger partial charge in [-0.2, -0.15) is 0 Å². The maximum absolute atomic E-state index is 5.79. The summed E-state index contributed by atoms with van der Waals surface area (Å²) in [5.41, 5.74) is 6.58. The van der Waals surface area contributed by atoms with Crippen molar-refractivity contribution in [3.63, 3.8) is 0 Å². The number of hydrogen-bond donors (Lipinski definition) is 1. The zero-order valence-corrected chi connectivity index (χ0v) is 13.4. The summed E-state index contributed by atoms with van der Waals surface area (Å²) in [4.78, 5) is 1.19. The molecule has 0 saturated heterocycles. The molecule has 2 aromatic rings. The van der Waals surface area contributed by atoms with Crippen molar-refractivity contribution < 1.29 is 0 Å². The Hall–Kier alpha value is -0.760. The molecule has 0 unspecified atom stereocenters. The number of benzene rings is 1. The van der Waals surface area contributed by atoms with Gasteiger partial charge in [0.2, 0.25) is 0 Å². The van der Waals surface area contributed by atoms with E-state index < -0.39 is 0 Å². The fourth-order valence-corrected chi connectivity index (χ4v) is 3.98. The monoisotopic (exact) mass is 386 g/mol. The Morgan fingerprint density at radius 3 is 2.95 bits per heavy atom. The molecule has 0 aliphatic carbocycles. The fourth-order valence-electron chi connectivity index (χ4n) is 2.23. The predicted molar refractivity (Wildman–Crippen MR) is 85.3 cm³/mol. The molecule has 100 valence electrons. The van der Waals surface area contributed by atoms with Crippen molar-refractivity contribution in [2.75, 3.05) is 5.73 Å². The van der Waals surface area contributed by atoms with E-state index in [-0.39, 0.29) is 0 Å². The number of aromatic nitrogens is 3. The molecule has 1 aliphatic rings. The molecule has 0 saturated carbocycles. The lowest BCUT2D eigenvalue weighted by Gasteiger charge is -2.07. The Morgan fingerprint density at radius 1 is 1.21 bits per heavy atom. The van der Waals surface area contributed by atoms with Crippen LogP contribution in [0.3, 0.4) is 0 Å². The van der Waals surface area contributed by atoms with Crippen molar-refractivity contribution in [2.24, 2.45) is 0 Å². The number of nitrogens with two attached hydrogens (primary N) is 1. The third kappa shape index (κ3) is 2.89. The minimum Gasteiger partial charge on any atom is -0.399 e. The SMILES string of the molecule is Nc1ccc(Sc2nnc3n2CCCCC3)c(I)c1. The molecule has 6 heteroatoms. The van der Waals surface area contributed by atoms with Crippen LogP contribution in [0.2, 0.25) is 0 Å². The Balaban J connectivity index is 1.89. The summed E-state index contributed by atoms with van der Waals surface area (Å²) in [5, 5.41) is 9.66. The normalized spacial score (nSPS) is 15.0. The molecule has 0 spiro atoms. The highest BCUT2D eigenvalue weighted by Crippen LogP contribution is 2.32. The molecule has 0 fully saturated rings. The van der Waals surface area contributed by atoms with E-state index in [1.165, 1.54) is 24.2 Å². The van der Waals surface area contributed by atoms with Crippen LogP contribution in [0.25, 0.3) is 0 Å². The second-order valence-electron chi connectivity index (χ2n) is 4.65. The minimum absolute atomic E-state index is 0.800. The number of nitrogens with zero attached hydrogens (tertiary/aromatic N) is 3. The van der Waals surface area contributed by atoms with Crippen molar-refractivity contribution in [3.8, 4) is 0 Å². The maximum Gasteiger partial charge on any atom is 0.196 e. The van der Waals surface area contributed by atoms with E-state index >= 15 is 0 Å². The zero-order chi connectivity index (χ0) is 13.2. The average Bonchev–Trinajstić information content (AvgIpc) is 2.61. The van der Waals surface area contributed by atoms with Gasteiger partial charge in [-0.3, -0.25) is 0 Å². The van der Waals surface area contributed by atoms with E-state index in [9.17, 15) is 0 Å². The van der Waals surface area contributed by atoms with E-state index in [0.29, 0.717) is 0 Å². The van der Waals surface area contributed by atoms with Crippen LogP contribution in [0, 0.1) is 3.57 Å². The number of fused-ring (bicyclic) bond motifs is 1. The quantitative estimate of drug-likeness (QED) is 0.636. The lowest BCUT2D eigenvalue weighted by molar-refractivity contribution is 0.591. The number of hydrogen-bond acceptors (Lipinski definition) is 4. The molecule has 1 aromatic carbocycles. The van der Waals surface area contributed by atoms with Crippen molar-refractivity contribution in [2.45, 2.75) is 42.3 Å². The highest BCUT2D eigenvalue weighted by molar-refractivity contribution is 14.1. The summed E-state index contributed by atoms with van der Waals surface area (Å²) in [6, 6.07) is 5.98. The third-order valence-corrected chi connectivity index (χ3v) is 5.55. The highest BCUT2D eigenvalue weighted by atomic mass is 127. The topological polar surface area (TPSA) is 56.7 Å². The van der Waals surface area contributed by atoms with Crippen LogP contribution in [0.1, 0.15) is 25.1 Å². The van der Waals surface area contributed by atoms with Gasteiger partial charge >= 0.3 is 0 Å². The van der Waals surface area contributed by atoms with Crippen LogP contribution in [-0.4, -0.2) is 14.8 Å². The van der Waals surface area contributed by atoms with Gasteiger partial charge in [-0.25, -0.2) is 0 Å². The Bertz CT molecular complexity index is 596. The second kappa shape index (κ2) is 5.70. The molecule has 2 heterocycles. The number of halogens is 1. The Morgan fingerprint density at radius 2 is 2.11 bits per heavy atom. The first-order valence-electron chi connectivity index (χ1n) is 6.39. The van der Waals surface area contributed by atoms with Gasteiger partial charge in [0.1, 0.15) is 5.82 Å². The van der Waals surface area contributed by atoms with Gasteiger partial charge in [-0.15, -0.1) is 10.2 Å². The van der Waals surface area contributed by atoms with Gasteiger partial charge in [0.15, 0.2) is 5.16 Å². The smallest absolute Gasteiger partial charge is 0.196 e. The summed E-state index contributed by atoms with van der Waals surface area (Å²) in [7, 11) is 0. The number of anilines is 1. The largest absolute Gasteiger partial charge is 0.399 e. The molecular weight excluding hydrogens is 371 g/mol. The van der Waals surface area contributed by atoms with Gasteiger partial charge in [0.25, 0.3) is 0 Å². The average molecular weight is 386 g/mol. The molecule has 0 amide bonds. The maximum atomic E-state index is 5.79. The van der Waals surface area contributed by atoms with E-state index in [1.807, 2.05) is 12.1 Å². The first kappa shape index (κ1) is 13.2. The predicted octanol–water partition coefficient (Wildman–Crippen LogP) is 3.34. The van der Waals surface area contributed by atoms with Crippen molar-refractivity contribution in [1.82, 2.24) is 14.8 Å². The first-order chi connectivity index (χ1) is 9.24. The summed E-state index contributed by atoms with van der Waals surface area (Å²) in [5.74, 6) is 1.13. The van der Waals surface area contributed by atoms with Crippen LogP contribution in [0.4, 0.5) is 5.69 Å². The molecule has 3 rings (SSSR count). The summed E-state index contributed by atoms with van der Waals surface area (Å²) in [6.07, 6.45) is 4.78. The van der Waals surface area contributed by atoms with E-state index in [1.54, 1.807) is 11.8 Å². The molecule has 0 atom stereocenters. The van der Waals surface area contributed by atoms with Crippen LogP contribution in [0.5, 0.6) is 0 Å². The van der Waals surface area contributed by atoms with Crippen molar-refractivity contribution >= 4 is 40.0 Å². The van der Waals surface area contributed by atoms with Crippen LogP contribution >= 0.6 is 34.4 Å². The molecule has 0 bridgehead atoms. The Kier molecular flexibility index (Phi) is 3.97. The zero-order valence-electron chi connectivity index (χ0n) is 10.5. The molecular formula is C13H15IN4S. The van der Waals surface area contributed by atoms with Crippen molar-refractivity contribution in [1.29, 1.82) is 0 Å². The molecule has 1 aromatic heterocycles. The van der Waals surface area contributed by atoms with Crippen LogP contribution in [-0.2, 0) is 13.0 Å². The van der Waals surface area contributed by atoms with Gasteiger partial charge < -0.3 is 10.3 Å². The molecule has 2 N–H and O–H groups in total. The molecule has 1 aliphatic heterocycles. The lowest BCUT2D eigenvalue weighted by Crippen LogP contribution is -2.02. The number of nitrogen functional groups attached to an aromatic ring is 1. The van der Waals surface area contributed by atoms with Gasteiger partial charge in [-0.1, -0.05) is 6.42 Å². The first-order valence-corrected chi connectivity index (χ1v) is 8.28.